The van der Waals surface area contributed by atoms with Crippen LogP contribution in [-0.4, -0.2) is 34.6 Å². The summed E-state index contributed by atoms with van der Waals surface area (Å²) in [5, 5.41) is 21.6. The average molecular weight is 285 g/mol. The molecule has 1 atom stereocenters. The number of hydrogen-bond acceptors (Lipinski definition) is 5. The molecule has 0 radical (unpaired) electrons. The first kappa shape index (κ1) is 13.8. The summed E-state index contributed by atoms with van der Waals surface area (Å²) in [5.74, 6) is 0.956. The molecule has 0 spiro atoms. The van der Waals surface area contributed by atoms with Gasteiger partial charge in [-0.2, -0.15) is 0 Å². The molecule has 2 heterocycles. The highest BCUT2D eigenvalue weighted by molar-refractivity contribution is 5.69. The van der Waals surface area contributed by atoms with Crippen LogP contribution in [0.15, 0.2) is 30.3 Å². The molecule has 0 saturated carbocycles. The van der Waals surface area contributed by atoms with Crippen molar-refractivity contribution >= 4 is 5.82 Å². The summed E-state index contributed by atoms with van der Waals surface area (Å²) in [4.78, 5) is 0. The van der Waals surface area contributed by atoms with Gasteiger partial charge in [0.05, 0.1) is 11.8 Å². The Hall–Kier alpha value is -2.14. The third kappa shape index (κ3) is 3.13. The summed E-state index contributed by atoms with van der Waals surface area (Å²) in [7, 11) is 0. The number of ether oxygens (including phenoxy) is 1. The van der Waals surface area contributed by atoms with Crippen molar-refractivity contribution in [2.24, 2.45) is 0 Å². The lowest BCUT2D eigenvalue weighted by Crippen LogP contribution is -2.19. The molecular formula is C16H19N3O2. The molecule has 110 valence electrons. The Bertz CT molecular complexity index is 625. The van der Waals surface area contributed by atoms with Crippen LogP contribution < -0.4 is 5.32 Å². The van der Waals surface area contributed by atoms with E-state index in [1.54, 1.807) is 12.1 Å². The van der Waals surface area contributed by atoms with Crippen molar-refractivity contribution in [3.05, 3.63) is 35.9 Å². The lowest BCUT2D eigenvalue weighted by Gasteiger charge is -2.12. The zero-order valence-corrected chi connectivity index (χ0v) is 12.0. The average Bonchev–Trinajstić information content (AvgIpc) is 3.00. The smallest absolute Gasteiger partial charge is 0.149 e. The molecule has 1 aromatic carbocycles. The third-order valence-corrected chi connectivity index (χ3v) is 3.68. The largest absolute Gasteiger partial charge is 0.507 e. The number of nitrogens with zero attached hydrogens (tertiary/aromatic N) is 2. The van der Waals surface area contributed by atoms with E-state index in [0.29, 0.717) is 11.3 Å². The first-order valence-corrected chi connectivity index (χ1v) is 7.22. The fourth-order valence-electron chi connectivity index (χ4n) is 2.54. The SMILES string of the molecule is Cc1cc(NC[C@@H]2CCCO2)nnc1-c1ccccc1O. The van der Waals surface area contributed by atoms with Crippen LogP contribution in [0.3, 0.4) is 0 Å². The van der Waals surface area contributed by atoms with Crippen LogP contribution in [0.25, 0.3) is 11.3 Å². The maximum Gasteiger partial charge on any atom is 0.149 e. The Morgan fingerprint density at radius 3 is 2.90 bits per heavy atom. The fraction of sp³-hybridized carbons (Fsp3) is 0.375. The van der Waals surface area contributed by atoms with Crippen molar-refractivity contribution in [3.8, 4) is 17.0 Å². The lowest BCUT2D eigenvalue weighted by molar-refractivity contribution is 0.120. The van der Waals surface area contributed by atoms with E-state index >= 15 is 0 Å². The minimum absolute atomic E-state index is 0.218. The molecule has 1 fully saturated rings. The van der Waals surface area contributed by atoms with Gasteiger partial charge in [-0.25, -0.2) is 0 Å². The molecule has 1 aliphatic rings. The third-order valence-electron chi connectivity index (χ3n) is 3.68. The van der Waals surface area contributed by atoms with Crippen LogP contribution in [0, 0.1) is 6.92 Å². The van der Waals surface area contributed by atoms with Gasteiger partial charge in [0.1, 0.15) is 11.6 Å². The summed E-state index contributed by atoms with van der Waals surface area (Å²) in [6, 6.07) is 9.11. The van der Waals surface area contributed by atoms with E-state index in [2.05, 4.69) is 15.5 Å². The van der Waals surface area contributed by atoms with Crippen molar-refractivity contribution in [3.63, 3.8) is 0 Å². The van der Waals surface area contributed by atoms with Gasteiger partial charge in [-0.3, -0.25) is 0 Å². The molecule has 0 unspecified atom stereocenters. The number of aromatic nitrogens is 2. The Morgan fingerprint density at radius 2 is 2.19 bits per heavy atom. The number of phenolic OH excluding ortho intramolecular Hbond substituents is 1. The highest BCUT2D eigenvalue weighted by atomic mass is 16.5. The second kappa shape index (κ2) is 6.10. The number of hydrogen-bond donors (Lipinski definition) is 2. The number of nitrogens with one attached hydrogen (secondary N) is 1. The van der Waals surface area contributed by atoms with Gasteiger partial charge in [-0.15, -0.1) is 10.2 Å². The number of anilines is 1. The molecule has 1 aromatic heterocycles. The lowest BCUT2D eigenvalue weighted by atomic mass is 10.1. The molecule has 2 N–H and O–H groups in total. The monoisotopic (exact) mass is 285 g/mol. The predicted octanol–water partition coefficient (Wildman–Crippen LogP) is 2.75. The molecule has 0 amide bonds. The molecule has 0 aliphatic carbocycles. The van der Waals surface area contributed by atoms with Gasteiger partial charge in [-0.05, 0) is 43.5 Å². The minimum Gasteiger partial charge on any atom is -0.507 e. The Kier molecular flexibility index (Phi) is 4.01. The summed E-state index contributed by atoms with van der Waals surface area (Å²) in [5.41, 5.74) is 2.38. The fourth-order valence-corrected chi connectivity index (χ4v) is 2.54. The van der Waals surface area contributed by atoms with Gasteiger partial charge in [-0.1, -0.05) is 12.1 Å². The van der Waals surface area contributed by atoms with Crippen molar-refractivity contribution in [2.45, 2.75) is 25.9 Å². The zero-order valence-electron chi connectivity index (χ0n) is 12.0. The van der Waals surface area contributed by atoms with Gasteiger partial charge < -0.3 is 15.2 Å². The van der Waals surface area contributed by atoms with Crippen molar-refractivity contribution in [1.82, 2.24) is 10.2 Å². The van der Waals surface area contributed by atoms with E-state index in [-0.39, 0.29) is 11.9 Å². The number of para-hydroxylation sites is 1. The van der Waals surface area contributed by atoms with Crippen LogP contribution >= 0.6 is 0 Å². The van der Waals surface area contributed by atoms with Crippen LogP contribution in [0.4, 0.5) is 5.82 Å². The second-order valence-electron chi connectivity index (χ2n) is 5.29. The molecule has 3 rings (SSSR count). The van der Waals surface area contributed by atoms with E-state index in [1.165, 1.54) is 0 Å². The van der Waals surface area contributed by atoms with E-state index < -0.39 is 0 Å². The minimum atomic E-state index is 0.218. The highest BCUT2D eigenvalue weighted by Crippen LogP contribution is 2.29. The second-order valence-corrected chi connectivity index (χ2v) is 5.29. The molecule has 21 heavy (non-hydrogen) atoms. The topological polar surface area (TPSA) is 67.3 Å². The molecule has 5 nitrogen and oxygen atoms in total. The number of rotatable bonds is 4. The summed E-state index contributed by atoms with van der Waals surface area (Å²) >= 11 is 0. The number of benzene rings is 1. The van der Waals surface area contributed by atoms with E-state index in [4.69, 9.17) is 4.74 Å². The van der Waals surface area contributed by atoms with E-state index in [0.717, 1.165) is 37.4 Å². The maximum absolute atomic E-state index is 9.90. The molecular weight excluding hydrogens is 266 g/mol. The molecule has 2 aromatic rings. The normalized spacial score (nSPS) is 17.9. The summed E-state index contributed by atoms with van der Waals surface area (Å²) in [6.07, 6.45) is 2.49. The van der Waals surface area contributed by atoms with Gasteiger partial charge in [0, 0.05) is 18.7 Å². The first-order chi connectivity index (χ1) is 10.2. The highest BCUT2D eigenvalue weighted by Gasteiger charge is 2.15. The quantitative estimate of drug-likeness (QED) is 0.904. The number of aryl methyl sites for hydroxylation is 1. The zero-order chi connectivity index (χ0) is 14.7. The first-order valence-electron chi connectivity index (χ1n) is 7.22. The van der Waals surface area contributed by atoms with Gasteiger partial charge >= 0.3 is 0 Å². The predicted molar refractivity (Wildman–Crippen MR) is 81.3 cm³/mol. The van der Waals surface area contributed by atoms with Crippen LogP contribution in [-0.2, 0) is 4.74 Å². The van der Waals surface area contributed by atoms with Crippen molar-refractivity contribution in [1.29, 1.82) is 0 Å². The summed E-state index contributed by atoms with van der Waals surface area (Å²) < 4.78 is 5.57. The van der Waals surface area contributed by atoms with Crippen LogP contribution in [0.2, 0.25) is 0 Å². The molecule has 5 heteroatoms. The molecule has 0 bridgehead atoms. The van der Waals surface area contributed by atoms with Crippen molar-refractivity contribution < 1.29 is 9.84 Å². The molecule has 1 aliphatic heterocycles. The Labute approximate surface area is 124 Å². The van der Waals surface area contributed by atoms with Crippen LogP contribution in [0.5, 0.6) is 5.75 Å². The van der Waals surface area contributed by atoms with Gasteiger partial charge in [0.25, 0.3) is 0 Å². The Balaban J connectivity index is 1.75. The van der Waals surface area contributed by atoms with E-state index in [1.807, 2.05) is 25.1 Å². The number of phenols is 1. The number of aromatic hydroxyl groups is 1. The van der Waals surface area contributed by atoms with Crippen molar-refractivity contribution in [2.75, 3.05) is 18.5 Å². The Morgan fingerprint density at radius 1 is 1.33 bits per heavy atom. The molecule has 1 saturated heterocycles. The van der Waals surface area contributed by atoms with Crippen LogP contribution in [0.1, 0.15) is 18.4 Å². The summed E-state index contributed by atoms with van der Waals surface area (Å²) in [6.45, 7) is 3.57. The van der Waals surface area contributed by atoms with Gasteiger partial charge in [0.15, 0.2) is 0 Å². The van der Waals surface area contributed by atoms with E-state index in [9.17, 15) is 5.11 Å². The standard InChI is InChI=1S/C16H19N3O2/c1-11-9-15(17-10-12-5-4-8-21-12)18-19-16(11)13-6-2-3-7-14(13)20/h2-3,6-7,9,12,20H,4-5,8,10H2,1H3,(H,17,18)/t12-/m0/s1. The maximum atomic E-state index is 9.90. The van der Waals surface area contributed by atoms with Gasteiger partial charge in [0.2, 0.25) is 0 Å².